The summed E-state index contributed by atoms with van der Waals surface area (Å²) in [5, 5.41) is 12.6. The number of para-hydroxylation sites is 2. The van der Waals surface area contributed by atoms with Gasteiger partial charge in [-0.1, -0.05) is 12.1 Å². The first kappa shape index (κ1) is 12.8. The van der Waals surface area contributed by atoms with E-state index in [1.807, 2.05) is 0 Å². The summed E-state index contributed by atoms with van der Waals surface area (Å²) in [6.45, 7) is 1.77. The van der Waals surface area contributed by atoms with E-state index in [-0.39, 0.29) is 11.5 Å². The molecule has 1 heterocycles. The van der Waals surface area contributed by atoms with Gasteiger partial charge in [-0.3, -0.25) is 9.78 Å². The van der Waals surface area contributed by atoms with E-state index in [1.54, 1.807) is 55.7 Å². The quantitative estimate of drug-likeness (QED) is 0.500. The smallest absolute Gasteiger partial charge is 0.187 e. The monoisotopic (exact) mass is 254 g/mol. The number of allylic oxidation sites excluding steroid dienone is 2. The molecule has 0 radical (unpaired) electrons. The third kappa shape index (κ3) is 3.42. The van der Waals surface area contributed by atoms with Crippen LogP contribution in [0.5, 0.6) is 5.75 Å². The Hall–Kier alpha value is -2.62. The Morgan fingerprint density at radius 2 is 1.89 bits per heavy atom. The molecule has 19 heavy (non-hydrogen) atoms. The van der Waals surface area contributed by atoms with Crippen LogP contribution in [0.1, 0.15) is 17.3 Å². The van der Waals surface area contributed by atoms with E-state index >= 15 is 0 Å². The maximum atomic E-state index is 11.9. The fourth-order valence-corrected chi connectivity index (χ4v) is 1.62. The highest BCUT2D eigenvalue weighted by molar-refractivity contribution is 6.05. The highest BCUT2D eigenvalue weighted by atomic mass is 16.3. The van der Waals surface area contributed by atoms with Crippen molar-refractivity contribution in [3.63, 3.8) is 0 Å². The highest BCUT2D eigenvalue weighted by Gasteiger charge is 2.04. The van der Waals surface area contributed by atoms with Gasteiger partial charge >= 0.3 is 0 Å². The third-order valence-electron chi connectivity index (χ3n) is 2.55. The average Bonchev–Trinajstić information content (AvgIpc) is 2.42. The van der Waals surface area contributed by atoms with Crippen molar-refractivity contribution < 1.29 is 9.90 Å². The Kier molecular flexibility index (Phi) is 3.93. The number of hydrogen-bond donors (Lipinski definition) is 2. The van der Waals surface area contributed by atoms with Gasteiger partial charge in [-0.15, -0.1) is 0 Å². The molecule has 4 heteroatoms. The molecule has 2 N–H and O–H groups in total. The molecule has 0 atom stereocenters. The van der Waals surface area contributed by atoms with Gasteiger partial charge in [0.2, 0.25) is 0 Å². The van der Waals surface area contributed by atoms with Crippen LogP contribution < -0.4 is 5.32 Å². The second-order valence-corrected chi connectivity index (χ2v) is 4.07. The van der Waals surface area contributed by atoms with E-state index in [1.165, 1.54) is 6.08 Å². The van der Waals surface area contributed by atoms with Crippen LogP contribution >= 0.6 is 0 Å². The molecule has 2 rings (SSSR count). The van der Waals surface area contributed by atoms with E-state index < -0.39 is 0 Å². The molecule has 0 unspecified atom stereocenters. The van der Waals surface area contributed by atoms with Crippen LogP contribution in [0.25, 0.3) is 0 Å². The molecular formula is C15H14N2O2. The number of hydrogen-bond acceptors (Lipinski definition) is 4. The molecule has 1 aromatic heterocycles. The van der Waals surface area contributed by atoms with Gasteiger partial charge in [-0.05, 0) is 31.2 Å². The summed E-state index contributed by atoms with van der Waals surface area (Å²) in [6.07, 6.45) is 4.64. The number of nitrogens with zero attached hydrogens (tertiary/aromatic N) is 1. The van der Waals surface area contributed by atoms with Gasteiger partial charge < -0.3 is 10.4 Å². The van der Waals surface area contributed by atoms with Crippen molar-refractivity contribution in [2.24, 2.45) is 0 Å². The molecule has 0 spiro atoms. The summed E-state index contributed by atoms with van der Waals surface area (Å²) in [6, 6.07) is 10.2. The molecule has 0 saturated carbocycles. The largest absolute Gasteiger partial charge is 0.506 e. The van der Waals surface area contributed by atoms with E-state index in [0.717, 1.165) is 0 Å². The summed E-state index contributed by atoms with van der Waals surface area (Å²) >= 11 is 0. The molecule has 96 valence electrons. The van der Waals surface area contributed by atoms with Crippen LogP contribution in [0.4, 0.5) is 5.69 Å². The van der Waals surface area contributed by atoms with Crippen molar-refractivity contribution in [3.8, 4) is 5.75 Å². The first-order chi connectivity index (χ1) is 9.16. The third-order valence-corrected chi connectivity index (χ3v) is 2.55. The van der Waals surface area contributed by atoms with E-state index in [0.29, 0.717) is 16.9 Å². The van der Waals surface area contributed by atoms with Crippen LogP contribution in [0, 0.1) is 0 Å². The number of nitrogens with one attached hydrogen (secondary N) is 1. The highest BCUT2D eigenvalue weighted by Crippen LogP contribution is 2.23. The van der Waals surface area contributed by atoms with Gasteiger partial charge in [0, 0.05) is 29.7 Å². The van der Waals surface area contributed by atoms with Crippen molar-refractivity contribution >= 4 is 11.5 Å². The zero-order valence-corrected chi connectivity index (χ0v) is 10.5. The van der Waals surface area contributed by atoms with E-state index in [4.69, 9.17) is 0 Å². The molecule has 0 aliphatic heterocycles. The number of pyridine rings is 1. The molecule has 0 fully saturated rings. The Morgan fingerprint density at radius 3 is 2.58 bits per heavy atom. The number of carbonyl (C=O) groups is 1. The lowest BCUT2D eigenvalue weighted by molar-refractivity contribution is 0.104. The summed E-state index contributed by atoms with van der Waals surface area (Å²) in [7, 11) is 0. The number of aromatic nitrogens is 1. The molecule has 0 aliphatic rings. The molecule has 1 aromatic carbocycles. The van der Waals surface area contributed by atoms with Crippen LogP contribution in [0.15, 0.2) is 60.6 Å². The fraction of sp³-hybridized carbons (Fsp3) is 0.0667. The van der Waals surface area contributed by atoms with Crippen molar-refractivity contribution in [1.82, 2.24) is 4.98 Å². The summed E-state index contributed by atoms with van der Waals surface area (Å²) in [4.78, 5) is 15.8. The average molecular weight is 254 g/mol. The van der Waals surface area contributed by atoms with Gasteiger partial charge in [0.1, 0.15) is 5.75 Å². The number of rotatable bonds is 4. The zero-order valence-electron chi connectivity index (χ0n) is 10.5. The normalized spacial score (nSPS) is 11.1. The van der Waals surface area contributed by atoms with Gasteiger partial charge in [-0.2, -0.15) is 0 Å². The lowest BCUT2D eigenvalue weighted by atomic mass is 10.1. The molecule has 4 nitrogen and oxygen atoms in total. The number of phenolic OH excluding ortho intramolecular Hbond substituents is 1. The minimum Gasteiger partial charge on any atom is -0.506 e. The predicted molar refractivity (Wildman–Crippen MR) is 74.1 cm³/mol. The Labute approximate surface area is 111 Å². The van der Waals surface area contributed by atoms with Crippen molar-refractivity contribution in [1.29, 1.82) is 0 Å². The predicted octanol–water partition coefficient (Wildman–Crippen LogP) is 2.99. The standard InChI is InChI=1S/C15H14N2O2/c1-11(17-13-4-2-3-5-14(13)18)10-15(19)12-6-8-16-9-7-12/h2-10,17-18H,1H3/b11-10-. The number of phenols is 1. The number of aromatic hydroxyl groups is 1. The maximum Gasteiger partial charge on any atom is 0.187 e. The van der Waals surface area contributed by atoms with Crippen LogP contribution in [-0.4, -0.2) is 15.9 Å². The zero-order chi connectivity index (χ0) is 13.7. The molecule has 0 amide bonds. The SMILES string of the molecule is C/C(=C/C(=O)c1ccncc1)Nc1ccccc1O. The Bertz CT molecular complexity index is 607. The van der Waals surface area contributed by atoms with E-state index in [9.17, 15) is 9.90 Å². The molecular weight excluding hydrogens is 240 g/mol. The van der Waals surface area contributed by atoms with E-state index in [2.05, 4.69) is 10.3 Å². The first-order valence-electron chi connectivity index (χ1n) is 5.84. The molecule has 0 aliphatic carbocycles. The Balaban J connectivity index is 2.12. The number of carbonyl (C=O) groups excluding carboxylic acids is 1. The fourth-order valence-electron chi connectivity index (χ4n) is 1.62. The molecule has 2 aromatic rings. The molecule has 0 saturated heterocycles. The maximum absolute atomic E-state index is 11.9. The first-order valence-corrected chi connectivity index (χ1v) is 5.84. The minimum absolute atomic E-state index is 0.108. The second kappa shape index (κ2) is 5.82. The van der Waals surface area contributed by atoms with Crippen molar-refractivity contribution in [3.05, 3.63) is 66.1 Å². The number of benzene rings is 1. The van der Waals surface area contributed by atoms with Crippen LogP contribution in [0.2, 0.25) is 0 Å². The minimum atomic E-state index is -0.108. The summed E-state index contributed by atoms with van der Waals surface area (Å²) in [5.74, 6) is 0.0365. The summed E-state index contributed by atoms with van der Waals surface area (Å²) in [5.41, 5.74) is 1.80. The van der Waals surface area contributed by atoms with Gasteiger partial charge in [0.25, 0.3) is 0 Å². The van der Waals surface area contributed by atoms with Gasteiger partial charge in [0.05, 0.1) is 5.69 Å². The number of ketones is 1. The van der Waals surface area contributed by atoms with Crippen molar-refractivity contribution in [2.75, 3.05) is 5.32 Å². The van der Waals surface area contributed by atoms with Crippen LogP contribution in [-0.2, 0) is 0 Å². The topological polar surface area (TPSA) is 62.2 Å². The Morgan fingerprint density at radius 1 is 1.21 bits per heavy atom. The second-order valence-electron chi connectivity index (χ2n) is 4.07. The van der Waals surface area contributed by atoms with Gasteiger partial charge in [-0.25, -0.2) is 0 Å². The number of anilines is 1. The summed E-state index contributed by atoms with van der Waals surface area (Å²) < 4.78 is 0. The van der Waals surface area contributed by atoms with Gasteiger partial charge in [0.15, 0.2) is 5.78 Å². The molecule has 0 bridgehead atoms. The van der Waals surface area contributed by atoms with Crippen LogP contribution in [0.3, 0.4) is 0 Å². The lowest BCUT2D eigenvalue weighted by Gasteiger charge is -2.08. The van der Waals surface area contributed by atoms with Crippen molar-refractivity contribution in [2.45, 2.75) is 6.92 Å². The lowest BCUT2D eigenvalue weighted by Crippen LogP contribution is -2.01.